The molecule has 3 rings (SSSR count). The van der Waals surface area contributed by atoms with Gasteiger partial charge < -0.3 is 14.4 Å². The molecule has 1 aliphatic heterocycles. The van der Waals surface area contributed by atoms with Gasteiger partial charge in [-0.25, -0.2) is 4.79 Å². The van der Waals surface area contributed by atoms with Gasteiger partial charge >= 0.3 is 6.09 Å². The van der Waals surface area contributed by atoms with Gasteiger partial charge in [0.15, 0.2) is 0 Å². The molecule has 1 aliphatic carbocycles. The van der Waals surface area contributed by atoms with E-state index in [9.17, 15) is 4.79 Å². The number of hydrogen-bond donors (Lipinski definition) is 0. The van der Waals surface area contributed by atoms with Crippen LogP contribution >= 0.6 is 0 Å². The number of benzene rings is 1. The number of carbonyl (C=O) groups is 1. The molecule has 0 atom stereocenters. The molecule has 1 heterocycles. The van der Waals surface area contributed by atoms with Crippen LogP contribution in [0.2, 0.25) is 0 Å². The van der Waals surface area contributed by atoms with Crippen LogP contribution in [-0.4, -0.2) is 35.8 Å². The molecule has 2 fully saturated rings. The van der Waals surface area contributed by atoms with E-state index < -0.39 is 5.60 Å². The number of carbonyl (C=O) groups excluding carboxylic acids is 1. The zero-order chi connectivity index (χ0) is 16.4. The number of ether oxygens (including phenoxy) is 2. The predicted octanol–water partition coefficient (Wildman–Crippen LogP) is 4.34. The molecule has 0 spiro atoms. The first-order valence-electron chi connectivity index (χ1n) is 8.65. The van der Waals surface area contributed by atoms with Crippen molar-refractivity contribution in [3.8, 4) is 5.75 Å². The fourth-order valence-corrected chi connectivity index (χ4v) is 3.18. The summed E-state index contributed by atoms with van der Waals surface area (Å²) < 4.78 is 11.4. The Balaban J connectivity index is 1.48. The van der Waals surface area contributed by atoms with Gasteiger partial charge in [0.2, 0.25) is 0 Å². The Kier molecular flexibility index (Phi) is 4.51. The average molecular weight is 317 g/mol. The second-order valence-electron chi connectivity index (χ2n) is 7.68. The number of rotatable bonds is 3. The average Bonchev–Trinajstić information content (AvgIpc) is 2.90. The number of likely N-dealkylation sites (tertiary alicyclic amines) is 1. The molecule has 1 aromatic rings. The summed E-state index contributed by atoms with van der Waals surface area (Å²) in [6.45, 7) is 7.15. The van der Waals surface area contributed by atoms with Crippen molar-refractivity contribution in [3.05, 3.63) is 29.8 Å². The van der Waals surface area contributed by atoms with Crippen LogP contribution in [0.15, 0.2) is 24.3 Å². The molecule has 0 aromatic heterocycles. The summed E-state index contributed by atoms with van der Waals surface area (Å²) in [7, 11) is 0. The zero-order valence-corrected chi connectivity index (χ0v) is 14.4. The highest BCUT2D eigenvalue weighted by Gasteiger charge is 2.34. The van der Waals surface area contributed by atoms with E-state index in [1.54, 1.807) is 4.90 Å². The summed E-state index contributed by atoms with van der Waals surface area (Å²) in [6.07, 6.45) is 5.10. The van der Waals surface area contributed by atoms with E-state index in [0.29, 0.717) is 12.0 Å². The van der Waals surface area contributed by atoms with Gasteiger partial charge in [0, 0.05) is 19.0 Å². The van der Waals surface area contributed by atoms with Crippen molar-refractivity contribution in [3.63, 3.8) is 0 Å². The van der Waals surface area contributed by atoms with Gasteiger partial charge in [-0.05, 0) is 64.2 Å². The third kappa shape index (κ3) is 4.18. The third-order valence-electron chi connectivity index (χ3n) is 4.49. The molecule has 2 aliphatic rings. The second-order valence-corrected chi connectivity index (χ2v) is 7.68. The van der Waals surface area contributed by atoms with Gasteiger partial charge in [0.25, 0.3) is 0 Å². The molecule has 4 nitrogen and oxygen atoms in total. The van der Waals surface area contributed by atoms with Gasteiger partial charge in [0.1, 0.15) is 11.4 Å². The van der Waals surface area contributed by atoms with Gasteiger partial charge in [-0.2, -0.15) is 0 Å². The van der Waals surface area contributed by atoms with Crippen LogP contribution in [-0.2, 0) is 4.74 Å². The van der Waals surface area contributed by atoms with Crippen molar-refractivity contribution in [2.75, 3.05) is 13.1 Å². The Morgan fingerprint density at radius 3 is 2.26 bits per heavy atom. The van der Waals surface area contributed by atoms with Crippen molar-refractivity contribution >= 4 is 6.09 Å². The van der Waals surface area contributed by atoms with Crippen LogP contribution in [0.1, 0.15) is 57.9 Å². The quantitative estimate of drug-likeness (QED) is 0.832. The minimum absolute atomic E-state index is 0.213. The Morgan fingerprint density at radius 1 is 1.09 bits per heavy atom. The van der Waals surface area contributed by atoms with Crippen LogP contribution in [0.3, 0.4) is 0 Å². The van der Waals surface area contributed by atoms with Gasteiger partial charge in [-0.1, -0.05) is 12.1 Å². The van der Waals surface area contributed by atoms with E-state index in [-0.39, 0.29) is 6.09 Å². The van der Waals surface area contributed by atoms with Crippen molar-refractivity contribution in [1.29, 1.82) is 0 Å². The lowest BCUT2D eigenvalue weighted by Crippen LogP contribution is -2.50. The molecule has 1 amide bonds. The van der Waals surface area contributed by atoms with Crippen LogP contribution in [0, 0.1) is 0 Å². The molecular formula is C19H27NO3. The zero-order valence-electron chi connectivity index (χ0n) is 14.4. The van der Waals surface area contributed by atoms with Crippen LogP contribution in [0.4, 0.5) is 4.79 Å². The van der Waals surface area contributed by atoms with Crippen LogP contribution < -0.4 is 4.74 Å². The Hall–Kier alpha value is -1.71. The minimum Gasteiger partial charge on any atom is -0.490 e. The molecule has 1 saturated heterocycles. The Bertz CT molecular complexity index is 535. The highest BCUT2D eigenvalue weighted by molar-refractivity contribution is 5.69. The normalized spacial score (nSPS) is 19.5. The second kappa shape index (κ2) is 6.42. The summed E-state index contributed by atoms with van der Waals surface area (Å²) in [5, 5.41) is 0. The number of hydrogen-bond acceptors (Lipinski definition) is 3. The molecular weight excluding hydrogens is 290 g/mol. The molecule has 0 radical (unpaired) electrons. The number of nitrogens with zero attached hydrogens (tertiary/aromatic N) is 1. The van der Waals surface area contributed by atoms with E-state index in [0.717, 1.165) is 18.8 Å². The standard InChI is InChI=1S/C19H27NO3/c1-19(2,3)23-18(21)20-12-15(13-20)14-8-10-17(11-9-14)22-16-6-4-5-7-16/h8-11,15-16H,4-7,12-13H2,1-3H3. The summed E-state index contributed by atoms with van der Waals surface area (Å²) in [5.74, 6) is 1.37. The largest absolute Gasteiger partial charge is 0.490 e. The Labute approximate surface area is 138 Å². The first-order chi connectivity index (χ1) is 10.9. The molecule has 1 aromatic carbocycles. The summed E-state index contributed by atoms with van der Waals surface area (Å²) in [5.41, 5.74) is 0.838. The van der Waals surface area contributed by atoms with Crippen molar-refractivity contribution in [2.45, 2.75) is 64.1 Å². The van der Waals surface area contributed by atoms with Crippen molar-refractivity contribution in [2.24, 2.45) is 0 Å². The Morgan fingerprint density at radius 2 is 1.70 bits per heavy atom. The van der Waals surface area contributed by atoms with Crippen LogP contribution in [0.5, 0.6) is 5.75 Å². The summed E-state index contributed by atoms with van der Waals surface area (Å²) in [6, 6.07) is 8.37. The minimum atomic E-state index is -0.429. The monoisotopic (exact) mass is 317 g/mol. The first-order valence-corrected chi connectivity index (χ1v) is 8.65. The lowest BCUT2D eigenvalue weighted by atomic mass is 9.92. The molecule has 0 bridgehead atoms. The van der Waals surface area contributed by atoms with Gasteiger partial charge in [-0.15, -0.1) is 0 Å². The van der Waals surface area contributed by atoms with Gasteiger partial charge in [0.05, 0.1) is 6.10 Å². The van der Waals surface area contributed by atoms with E-state index >= 15 is 0 Å². The smallest absolute Gasteiger partial charge is 0.410 e. The van der Waals surface area contributed by atoms with E-state index in [1.807, 2.05) is 20.8 Å². The maximum absolute atomic E-state index is 11.9. The molecule has 0 N–H and O–H groups in total. The highest BCUT2D eigenvalue weighted by atomic mass is 16.6. The molecule has 4 heteroatoms. The van der Waals surface area contributed by atoms with Crippen LogP contribution in [0.25, 0.3) is 0 Å². The van der Waals surface area contributed by atoms with Gasteiger partial charge in [-0.3, -0.25) is 0 Å². The number of amides is 1. The maximum Gasteiger partial charge on any atom is 0.410 e. The highest BCUT2D eigenvalue weighted by Crippen LogP contribution is 2.30. The SMILES string of the molecule is CC(C)(C)OC(=O)N1CC(c2ccc(OC3CCCC3)cc2)C1. The van der Waals surface area contributed by atoms with Crippen molar-refractivity contribution < 1.29 is 14.3 Å². The third-order valence-corrected chi connectivity index (χ3v) is 4.49. The fraction of sp³-hybridized carbons (Fsp3) is 0.632. The van der Waals surface area contributed by atoms with Crippen molar-refractivity contribution in [1.82, 2.24) is 4.90 Å². The topological polar surface area (TPSA) is 38.8 Å². The summed E-state index contributed by atoms with van der Waals surface area (Å²) >= 11 is 0. The molecule has 126 valence electrons. The molecule has 0 unspecified atom stereocenters. The fourth-order valence-electron chi connectivity index (χ4n) is 3.18. The molecule has 23 heavy (non-hydrogen) atoms. The summed E-state index contributed by atoms with van der Waals surface area (Å²) in [4.78, 5) is 13.7. The predicted molar refractivity (Wildman–Crippen MR) is 89.9 cm³/mol. The first kappa shape index (κ1) is 16.2. The van der Waals surface area contributed by atoms with E-state index in [4.69, 9.17) is 9.47 Å². The lowest BCUT2D eigenvalue weighted by Gasteiger charge is -2.40. The molecule has 1 saturated carbocycles. The lowest BCUT2D eigenvalue weighted by molar-refractivity contribution is 0.00818. The maximum atomic E-state index is 11.9. The van der Waals surface area contributed by atoms with E-state index in [2.05, 4.69) is 24.3 Å². The van der Waals surface area contributed by atoms with E-state index in [1.165, 1.54) is 31.2 Å².